The molecule has 0 radical (unpaired) electrons. The summed E-state index contributed by atoms with van der Waals surface area (Å²) in [6.07, 6.45) is 16.9. The predicted molar refractivity (Wildman–Crippen MR) is 213 cm³/mol. The van der Waals surface area contributed by atoms with Crippen LogP contribution in [0.2, 0.25) is 0 Å². The van der Waals surface area contributed by atoms with Gasteiger partial charge < -0.3 is 9.15 Å². The zero-order chi connectivity index (χ0) is 35.4. The molecular weight excluding hydrogens is 649 g/mol. The molecule has 1 spiro atoms. The molecule has 0 bridgehead atoms. The van der Waals surface area contributed by atoms with E-state index in [4.69, 9.17) is 19.1 Å². The van der Waals surface area contributed by atoms with Crippen LogP contribution in [0.4, 0.5) is 0 Å². The van der Waals surface area contributed by atoms with Gasteiger partial charge in [0.25, 0.3) is 0 Å². The second kappa shape index (κ2) is 10.9. The first-order valence-electron chi connectivity index (χ1n) is 18.5. The summed E-state index contributed by atoms with van der Waals surface area (Å²) >= 11 is 0. The van der Waals surface area contributed by atoms with E-state index >= 15 is 0 Å². The fraction of sp³-hybridized carbons (Fsp3) is 0.143. The highest BCUT2D eigenvalue weighted by molar-refractivity contribution is 6.05. The molecule has 3 aliphatic carbocycles. The van der Waals surface area contributed by atoms with E-state index in [1.807, 2.05) is 30.3 Å². The normalized spacial score (nSPS) is 24.8. The Balaban J connectivity index is 1.15. The van der Waals surface area contributed by atoms with E-state index in [9.17, 15) is 0 Å². The maximum Gasteiger partial charge on any atom is 0.160 e. The molecule has 254 valence electrons. The number of rotatable bonds is 3. The third-order valence-corrected chi connectivity index (χ3v) is 12.3. The Hall–Kier alpha value is -6.26. The molecule has 53 heavy (non-hydrogen) atoms. The van der Waals surface area contributed by atoms with Crippen LogP contribution in [0.25, 0.3) is 55.8 Å². The number of benzene rings is 5. The van der Waals surface area contributed by atoms with Crippen molar-refractivity contribution in [2.45, 2.75) is 36.7 Å². The van der Waals surface area contributed by atoms with Crippen molar-refractivity contribution in [2.75, 3.05) is 0 Å². The number of allylic oxidation sites excluding steroid dienone is 6. The summed E-state index contributed by atoms with van der Waals surface area (Å²) in [5.74, 6) is 1.76. The minimum atomic E-state index is -0.478. The fourth-order valence-corrected chi connectivity index (χ4v) is 9.88. The van der Waals surface area contributed by atoms with Crippen molar-refractivity contribution in [2.24, 2.45) is 5.92 Å². The van der Waals surface area contributed by atoms with Crippen molar-refractivity contribution in [3.63, 3.8) is 0 Å². The molecular formula is C49H36N2O2. The highest BCUT2D eigenvalue weighted by Gasteiger charge is 2.64. The van der Waals surface area contributed by atoms with Gasteiger partial charge in [0, 0.05) is 50.8 Å². The molecule has 0 amide bonds. The van der Waals surface area contributed by atoms with Gasteiger partial charge in [-0.2, -0.15) is 0 Å². The van der Waals surface area contributed by atoms with Crippen LogP contribution in [0.5, 0.6) is 5.75 Å². The van der Waals surface area contributed by atoms with Gasteiger partial charge in [-0.25, -0.2) is 9.97 Å². The average molecular weight is 685 g/mol. The van der Waals surface area contributed by atoms with Crippen LogP contribution < -0.4 is 4.74 Å². The van der Waals surface area contributed by atoms with Gasteiger partial charge in [0.15, 0.2) is 5.82 Å². The molecule has 11 rings (SSSR count). The molecule has 4 nitrogen and oxygen atoms in total. The second-order valence-electron chi connectivity index (χ2n) is 15.3. The zero-order valence-corrected chi connectivity index (χ0v) is 29.6. The second-order valence-corrected chi connectivity index (χ2v) is 15.3. The number of aromatic nitrogens is 2. The first kappa shape index (κ1) is 30.4. The van der Waals surface area contributed by atoms with Crippen molar-refractivity contribution in [3.05, 3.63) is 186 Å². The predicted octanol–water partition coefficient (Wildman–Crippen LogP) is 11.7. The molecule has 0 N–H and O–H groups in total. The van der Waals surface area contributed by atoms with Crippen molar-refractivity contribution >= 4 is 21.9 Å². The van der Waals surface area contributed by atoms with Gasteiger partial charge in [-0.3, -0.25) is 0 Å². The zero-order valence-electron chi connectivity index (χ0n) is 29.6. The number of fused-ring (bicyclic) bond motifs is 12. The minimum Gasteiger partial charge on any atom is -0.482 e. The van der Waals surface area contributed by atoms with E-state index in [1.165, 1.54) is 22.3 Å². The summed E-state index contributed by atoms with van der Waals surface area (Å²) < 4.78 is 13.4. The smallest absolute Gasteiger partial charge is 0.160 e. The van der Waals surface area contributed by atoms with Gasteiger partial charge >= 0.3 is 0 Å². The van der Waals surface area contributed by atoms with Crippen LogP contribution in [0, 0.1) is 5.92 Å². The summed E-state index contributed by atoms with van der Waals surface area (Å²) in [7, 11) is 0. The van der Waals surface area contributed by atoms with Crippen molar-refractivity contribution in [1.29, 1.82) is 0 Å². The Morgan fingerprint density at radius 1 is 0.623 bits per heavy atom. The minimum absolute atomic E-state index is 0.156. The van der Waals surface area contributed by atoms with Crippen LogP contribution >= 0.6 is 0 Å². The standard InChI is InChI=1S/C49H36N2O2/c1-47-26-12-10-20-44(47)49(37-18-8-7-17-36(37)47)38-28-32(23-25-42(38)53-48(2)27-13-11-21-45(48)49)39-30-40(51-46(50-39)31-14-4-3-5-15-31)33-22-24-35-34-16-6-9-19-41(34)52-43(35)29-33/h3-26,28-30,44H,27H2,1-2H3. The molecule has 0 fully saturated rings. The Morgan fingerprint density at radius 2 is 1.36 bits per heavy atom. The molecule has 7 aromatic rings. The summed E-state index contributed by atoms with van der Waals surface area (Å²) in [5, 5.41) is 2.20. The van der Waals surface area contributed by atoms with E-state index in [0.29, 0.717) is 5.82 Å². The Kier molecular flexibility index (Phi) is 6.23. The van der Waals surface area contributed by atoms with E-state index in [1.54, 1.807) is 0 Å². The number of ether oxygens (including phenoxy) is 1. The number of nitrogens with zero attached hydrogens (tertiary/aromatic N) is 2. The van der Waals surface area contributed by atoms with E-state index in [-0.39, 0.29) is 11.3 Å². The first-order chi connectivity index (χ1) is 26.0. The first-order valence-corrected chi connectivity index (χ1v) is 18.5. The molecule has 4 heteroatoms. The highest BCUT2D eigenvalue weighted by Crippen LogP contribution is 2.67. The fourth-order valence-electron chi connectivity index (χ4n) is 9.88. The summed E-state index contributed by atoms with van der Waals surface area (Å²) in [6.45, 7) is 4.67. The number of hydrogen-bond acceptors (Lipinski definition) is 4. The van der Waals surface area contributed by atoms with E-state index in [2.05, 4.69) is 147 Å². The van der Waals surface area contributed by atoms with Gasteiger partial charge in [-0.05, 0) is 66.1 Å². The number of furan rings is 1. The Bertz CT molecular complexity index is 2790. The van der Waals surface area contributed by atoms with E-state index in [0.717, 1.165) is 62.2 Å². The monoisotopic (exact) mass is 684 g/mol. The summed E-state index contributed by atoms with van der Waals surface area (Å²) in [6, 6.07) is 42.7. The lowest BCUT2D eigenvalue weighted by Crippen LogP contribution is -2.53. The lowest BCUT2D eigenvalue weighted by Gasteiger charge is -2.53. The molecule has 4 unspecified atom stereocenters. The topological polar surface area (TPSA) is 48.2 Å². The van der Waals surface area contributed by atoms with Crippen molar-refractivity contribution < 1.29 is 9.15 Å². The quantitative estimate of drug-likeness (QED) is 0.186. The summed E-state index contributed by atoms with van der Waals surface area (Å²) in [4.78, 5) is 10.4. The molecule has 0 saturated heterocycles. The SMILES string of the molecule is CC12CC=CC=C1C1(c3cc(-c4cc(-c5ccc6c(c5)oc5ccccc56)nc(-c5ccccc5)n4)ccc3O2)c2ccccc2C2(C)C=CC=CC21. The van der Waals surface area contributed by atoms with Gasteiger partial charge in [-0.1, -0.05) is 128 Å². The maximum absolute atomic E-state index is 7.08. The van der Waals surface area contributed by atoms with Crippen molar-refractivity contribution in [1.82, 2.24) is 9.97 Å². The highest BCUT2D eigenvalue weighted by atomic mass is 16.5. The van der Waals surface area contributed by atoms with E-state index < -0.39 is 11.0 Å². The third kappa shape index (κ3) is 4.18. The molecule has 4 aliphatic rings. The molecule has 1 aliphatic heterocycles. The lowest BCUT2D eigenvalue weighted by molar-refractivity contribution is 0.0870. The molecule has 0 saturated carbocycles. The largest absolute Gasteiger partial charge is 0.482 e. The molecule has 3 heterocycles. The molecule has 4 atom stereocenters. The molecule has 2 aromatic heterocycles. The van der Waals surface area contributed by atoms with Crippen molar-refractivity contribution in [3.8, 4) is 39.7 Å². The number of hydrogen-bond donors (Lipinski definition) is 0. The van der Waals surface area contributed by atoms with Gasteiger partial charge in [0.2, 0.25) is 0 Å². The lowest BCUT2D eigenvalue weighted by atomic mass is 9.54. The van der Waals surface area contributed by atoms with Crippen LogP contribution in [-0.4, -0.2) is 15.6 Å². The van der Waals surface area contributed by atoms with Crippen LogP contribution in [-0.2, 0) is 10.8 Å². The average Bonchev–Trinajstić information content (AvgIpc) is 3.68. The number of para-hydroxylation sites is 1. The van der Waals surface area contributed by atoms with Gasteiger partial charge in [0.1, 0.15) is 22.5 Å². The van der Waals surface area contributed by atoms with Crippen LogP contribution in [0.1, 0.15) is 37.0 Å². The van der Waals surface area contributed by atoms with Crippen LogP contribution in [0.3, 0.4) is 0 Å². The Labute approximate surface area is 308 Å². The van der Waals surface area contributed by atoms with Crippen LogP contribution in [0.15, 0.2) is 174 Å². The molecule has 5 aromatic carbocycles. The third-order valence-electron chi connectivity index (χ3n) is 12.3. The summed E-state index contributed by atoms with van der Waals surface area (Å²) in [5.41, 5.74) is 10.5. The Morgan fingerprint density at radius 3 is 2.23 bits per heavy atom. The van der Waals surface area contributed by atoms with Gasteiger partial charge in [0.05, 0.1) is 16.8 Å². The maximum atomic E-state index is 7.08. The van der Waals surface area contributed by atoms with Gasteiger partial charge in [-0.15, -0.1) is 0 Å².